The minimum atomic E-state index is -0.454. The monoisotopic (exact) mass is 358 g/mol. The van der Waals surface area contributed by atoms with Gasteiger partial charge >= 0.3 is 5.97 Å². The van der Waals surface area contributed by atoms with E-state index in [0.29, 0.717) is 10.2 Å². The summed E-state index contributed by atoms with van der Waals surface area (Å²) in [6.07, 6.45) is 1.17. The van der Waals surface area contributed by atoms with Gasteiger partial charge < -0.3 is 9.47 Å². The van der Waals surface area contributed by atoms with Gasteiger partial charge in [-0.1, -0.05) is 0 Å². The van der Waals surface area contributed by atoms with Crippen LogP contribution in [0, 0.1) is 0 Å². The Morgan fingerprint density at radius 3 is 2.64 bits per heavy atom. The molecule has 0 fully saturated rings. The second kappa shape index (κ2) is 7.06. The highest BCUT2D eigenvalue weighted by Gasteiger charge is 2.13. The van der Waals surface area contributed by atoms with Gasteiger partial charge in [-0.2, -0.15) is 0 Å². The van der Waals surface area contributed by atoms with Crippen LogP contribution in [-0.4, -0.2) is 28.7 Å². The Hall–Kier alpha value is -2.67. The van der Waals surface area contributed by atoms with E-state index in [0.717, 1.165) is 16.2 Å². The quantitative estimate of drug-likeness (QED) is 0.656. The number of aromatic nitrogens is 2. The number of carbonyl (C=O) groups is 1. The molecule has 0 atom stereocenters. The van der Waals surface area contributed by atoms with Crippen LogP contribution in [0.3, 0.4) is 0 Å². The Morgan fingerprint density at radius 2 is 2.00 bits per heavy atom. The van der Waals surface area contributed by atoms with Crippen LogP contribution in [0.1, 0.15) is 13.8 Å². The fourth-order valence-corrected chi connectivity index (χ4v) is 3.46. The molecule has 0 aliphatic rings. The number of thiophene rings is 1. The van der Waals surface area contributed by atoms with Crippen molar-refractivity contribution in [1.82, 2.24) is 9.55 Å². The number of rotatable bonds is 5. The van der Waals surface area contributed by atoms with Gasteiger partial charge in [0, 0.05) is 4.88 Å². The summed E-state index contributed by atoms with van der Waals surface area (Å²) in [5, 5.41) is 0. The topological polar surface area (TPSA) is 70.4 Å². The van der Waals surface area contributed by atoms with Gasteiger partial charge in [-0.15, -0.1) is 11.3 Å². The number of hydrogen-bond donors (Lipinski definition) is 0. The zero-order valence-corrected chi connectivity index (χ0v) is 15.0. The molecule has 6 nitrogen and oxygen atoms in total. The molecule has 0 saturated heterocycles. The smallest absolute Gasteiger partial charge is 0.326 e. The van der Waals surface area contributed by atoms with Crippen LogP contribution in [-0.2, 0) is 16.1 Å². The molecule has 0 aliphatic carbocycles. The molecule has 0 unspecified atom stereocenters. The highest BCUT2D eigenvalue weighted by molar-refractivity contribution is 7.22. The van der Waals surface area contributed by atoms with Crippen LogP contribution in [0.5, 0.6) is 5.75 Å². The summed E-state index contributed by atoms with van der Waals surface area (Å²) in [5.74, 6) is 0.319. The SMILES string of the molecule is COc1ccc(-c2cc3ncn(CC(=O)OC(C)C)c(=O)c3s2)cc1. The highest BCUT2D eigenvalue weighted by atomic mass is 32.1. The Kier molecular flexibility index (Phi) is 4.85. The Bertz CT molecular complexity index is 957. The standard InChI is InChI=1S/C18H18N2O4S/c1-11(2)24-16(21)9-20-10-19-14-8-15(25-17(14)18(20)22)12-4-6-13(23-3)7-5-12/h4-8,10-11H,9H2,1-3H3. The molecule has 2 heterocycles. The van der Waals surface area contributed by atoms with Crippen LogP contribution in [0.2, 0.25) is 0 Å². The van der Waals surface area contributed by atoms with Gasteiger partial charge in [0.15, 0.2) is 0 Å². The predicted molar refractivity (Wildman–Crippen MR) is 97.1 cm³/mol. The van der Waals surface area contributed by atoms with E-state index in [-0.39, 0.29) is 18.2 Å². The number of nitrogens with zero attached hydrogens (tertiary/aromatic N) is 2. The summed E-state index contributed by atoms with van der Waals surface area (Å²) in [4.78, 5) is 29.6. The number of methoxy groups -OCH3 is 1. The van der Waals surface area contributed by atoms with E-state index >= 15 is 0 Å². The number of carbonyl (C=O) groups excluding carboxylic acids is 1. The molecule has 0 amide bonds. The van der Waals surface area contributed by atoms with Crippen LogP contribution >= 0.6 is 11.3 Å². The zero-order chi connectivity index (χ0) is 18.0. The van der Waals surface area contributed by atoms with Crippen LogP contribution in [0.15, 0.2) is 41.5 Å². The third kappa shape index (κ3) is 3.71. The molecule has 0 aliphatic heterocycles. The van der Waals surface area contributed by atoms with E-state index in [1.807, 2.05) is 30.3 Å². The Labute approximate surface area is 148 Å². The van der Waals surface area contributed by atoms with Crippen LogP contribution in [0.25, 0.3) is 20.7 Å². The van der Waals surface area contributed by atoms with Crippen molar-refractivity contribution in [3.63, 3.8) is 0 Å². The number of benzene rings is 1. The summed E-state index contributed by atoms with van der Waals surface area (Å²) in [6, 6.07) is 9.48. The van der Waals surface area contributed by atoms with Gasteiger partial charge in [0.05, 0.1) is 25.1 Å². The van der Waals surface area contributed by atoms with Gasteiger partial charge in [0.2, 0.25) is 0 Å². The minimum absolute atomic E-state index is 0.143. The first kappa shape index (κ1) is 17.2. The Morgan fingerprint density at radius 1 is 1.28 bits per heavy atom. The number of fused-ring (bicyclic) bond motifs is 1. The first-order valence-corrected chi connectivity index (χ1v) is 8.62. The fraction of sp³-hybridized carbons (Fsp3) is 0.278. The van der Waals surface area contributed by atoms with Crippen LogP contribution < -0.4 is 10.3 Å². The molecule has 130 valence electrons. The third-order valence-electron chi connectivity index (χ3n) is 3.54. The van der Waals surface area contributed by atoms with Gasteiger partial charge in [-0.25, -0.2) is 4.98 Å². The lowest BCUT2D eigenvalue weighted by atomic mass is 10.2. The maximum atomic E-state index is 12.6. The molecule has 0 bridgehead atoms. The molecule has 2 aromatic heterocycles. The lowest BCUT2D eigenvalue weighted by Gasteiger charge is -2.08. The first-order valence-electron chi connectivity index (χ1n) is 7.81. The van der Waals surface area contributed by atoms with Crippen molar-refractivity contribution < 1.29 is 14.3 Å². The largest absolute Gasteiger partial charge is 0.497 e. The number of ether oxygens (including phenoxy) is 2. The Balaban J connectivity index is 1.93. The molecule has 3 rings (SSSR count). The van der Waals surface area contributed by atoms with E-state index in [1.54, 1.807) is 21.0 Å². The van der Waals surface area contributed by atoms with E-state index in [2.05, 4.69) is 4.98 Å². The van der Waals surface area contributed by atoms with Crippen molar-refractivity contribution in [2.24, 2.45) is 0 Å². The zero-order valence-electron chi connectivity index (χ0n) is 14.2. The maximum absolute atomic E-state index is 12.6. The van der Waals surface area contributed by atoms with E-state index in [9.17, 15) is 9.59 Å². The molecule has 0 saturated carbocycles. The molecule has 7 heteroatoms. The summed E-state index contributed by atoms with van der Waals surface area (Å²) >= 11 is 1.36. The lowest BCUT2D eigenvalue weighted by molar-refractivity contribution is -0.148. The highest BCUT2D eigenvalue weighted by Crippen LogP contribution is 2.31. The van der Waals surface area contributed by atoms with Gasteiger partial charge in [0.25, 0.3) is 5.56 Å². The third-order valence-corrected chi connectivity index (χ3v) is 4.71. The van der Waals surface area contributed by atoms with Crippen molar-refractivity contribution in [3.8, 4) is 16.2 Å². The van der Waals surface area contributed by atoms with Crippen molar-refractivity contribution in [2.45, 2.75) is 26.5 Å². The van der Waals surface area contributed by atoms with E-state index in [4.69, 9.17) is 9.47 Å². The van der Waals surface area contributed by atoms with E-state index < -0.39 is 5.97 Å². The van der Waals surface area contributed by atoms with Crippen LogP contribution in [0.4, 0.5) is 0 Å². The molecule has 0 N–H and O–H groups in total. The van der Waals surface area contributed by atoms with Gasteiger partial charge in [-0.3, -0.25) is 14.2 Å². The molecule has 3 aromatic rings. The average molecular weight is 358 g/mol. The number of hydrogen-bond acceptors (Lipinski definition) is 6. The van der Waals surface area contributed by atoms with Gasteiger partial charge in [0.1, 0.15) is 17.0 Å². The average Bonchev–Trinajstić information content (AvgIpc) is 3.02. The predicted octanol–water partition coefficient (Wildman–Crippen LogP) is 3.09. The summed E-state index contributed by atoms with van der Waals surface area (Å²) in [5.41, 5.74) is 1.36. The molecular weight excluding hydrogens is 340 g/mol. The van der Waals surface area contributed by atoms with E-state index in [1.165, 1.54) is 22.2 Å². The summed E-state index contributed by atoms with van der Waals surface area (Å²) in [7, 11) is 1.62. The minimum Gasteiger partial charge on any atom is -0.497 e. The van der Waals surface area contributed by atoms with Crippen molar-refractivity contribution >= 4 is 27.5 Å². The maximum Gasteiger partial charge on any atom is 0.326 e. The first-order chi connectivity index (χ1) is 12.0. The van der Waals surface area contributed by atoms with Crippen molar-refractivity contribution in [3.05, 3.63) is 47.0 Å². The molecular formula is C18H18N2O4S. The molecule has 25 heavy (non-hydrogen) atoms. The second-order valence-electron chi connectivity index (χ2n) is 5.77. The summed E-state index contributed by atoms with van der Waals surface area (Å²) in [6.45, 7) is 3.39. The summed E-state index contributed by atoms with van der Waals surface area (Å²) < 4.78 is 12.0. The normalized spacial score (nSPS) is 11.0. The van der Waals surface area contributed by atoms with Crippen molar-refractivity contribution in [1.29, 1.82) is 0 Å². The molecule has 1 aromatic carbocycles. The fourth-order valence-electron chi connectivity index (χ4n) is 2.39. The lowest BCUT2D eigenvalue weighted by Crippen LogP contribution is -2.26. The number of esters is 1. The second-order valence-corrected chi connectivity index (χ2v) is 6.82. The molecule has 0 radical (unpaired) electrons. The van der Waals surface area contributed by atoms with Gasteiger partial charge in [-0.05, 0) is 49.7 Å². The molecule has 0 spiro atoms. The van der Waals surface area contributed by atoms with Crippen molar-refractivity contribution in [2.75, 3.05) is 7.11 Å².